The molecule has 6 heteroatoms. The molecule has 0 aliphatic carbocycles. The standard InChI is InChI=1S/C19H16N2O4/c1-2-25-19(24)13-8-4-6-10-16(13)21-18(23)14-11-17(22)20-15-9-5-3-7-12(14)15/h3-11H,2H2,1H3,(H,20,22)(H,21,23). The Kier molecular flexibility index (Phi) is 4.61. The van der Waals surface area contributed by atoms with E-state index >= 15 is 0 Å². The lowest BCUT2D eigenvalue weighted by atomic mass is 10.1. The number of hydrogen-bond donors (Lipinski definition) is 2. The molecule has 0 aliphatic heterocycles. The first-order chi connectivity index (χ1) is 12.1. The molecule has 0 saturated heterocycles. The Morgan fingerprint density at radius 2 is 1.76 bits per heavy atom. The zero-order chi connectivity index (χ0) is 17.8. The lowest BCUT2D eigenvalue weighted by Crippen LogP contribution is -2.18. The highest BCUT2D eigenvalue weighted by Crippen LogP contribution is 2.20. The molecule has 0 unspecified atom stereocenters. The summed E-state index contributed by atoms with van der Waals surface area (Å²) in [6.07, 6.45) is 0. The highest BCUT2D eigenvalue weighted by Gasteiger charge is 2.16. The summed E-state index contributed by atoms with van der Waals surface area (Å²) in [5.74, 6) is -0.992. The van der Waals surface area contributed by atoms with E-state index < -0.39 is 11.9 Å². The molecule has 25 heavy (non-hydrogen) atoms. The van der Waals surface area contributed by atoms with Gasteiger partial charge in [0.05, 0.1) is 23.4 Å². The molecule has 0 radical (unpaired) electrons. The number of nitrogens with one attached hydrogen (secondary N) is 2. The molecule has 2 N–H and O–H groups in total. The minimum absolute atomic E-state index is 0.234. The molecule has 1 aromatic heterocycles. The van der Waals surface area contributed by atoms with Gasteiger partial charge in [-0.2, -0.15) is 0 Å². The van der Waals surface area contributed by atoms with E-state index in [1.54, 1.807) is 55.5 Å². The maximum atomic E-state index is 12.7. The van der Waals surface area contributed by atoms with E-state index in [1.807, 2.05) is 0 Å². The summed E-state index contributed by atoms with van der Waals surface area (Å²) in [6, 6.07) is 14.8. The Hall–Kier alpha value is -3.41. The largest absolute Gasteiger partial charge is 0.462 e. The molecule has 0 spiro atoms. The van der Waals surface area contributed by atoms with E-state index in [1.165, 1.54) is 6.07 Å². The molecular weight excluding hydrogens is 320 g/mol. The van der Waals surface area contributed by atoms with E-state index in [2.05, 4.69) is 10.3 Å². The number of benzene rings is 2. The normalized spacial score (nSPS) is 10.4. The van der Waals surface area contributed by atoms with Crippen LogP contribution in [0.2, 0.25) is 0 Å². The third-order valence-corrected chi connectivity index (χ3v) is 3.67. The molecule has 0 bridgehead atoms. The van der Waals surface area contributed by atoms with Crippen LogP contribution in [-0.4, -0.2) is 23.5 Å². The minimum atomic E-state index is -0.519. The van der Waals surface area contributed by atoms with Crippen molar-refractivity contribution in [2.24, 2.45) is 0 Å². The van der Waals surface area contributed by atoms with Crippen LogP contribution in [0.1, 0.15) is 27.6 Å². The maximum absolute atomic E-state index is 12.7. The van der Waals surface area contributed by atoms with Crippen molar-refractivity contribution in [3.05, 3.63) is 76.1 Å². The molecule has 0 atom stereocenters. The van der Waals surface area contributed by atoms with Gasteiger partial charge >= 0.3 is 5.97 Å². The van der Waals surface area contributed by atoms with Gasteiger partial charge in [0.15, 0.2) is 0 Å². The average molecular weight is 336 g/mol. The van der Waals surface area contributed by atoms with Crippen LogP contribution in [0.15, 0.2) is 59.4 Å². The van der Waals surface area contributed by atoms with E-state index in [0.29, 0.717) is 16.6 Å². The zero-order valence-corrected chi connectivity index (χ0v) is 13.5. The number of ether oxygens (including phenoxy) is 1. The van der Waals surface area contributed by atoms with Crippen LogP contribution < -0.4 is 10.9 Å². The summed E-state index contributed by atoms with van der Waals surface area (Å²) in [4.78, 5) is 39.2. The molecule has 6 nitrogen and oxygen atoms in total. The third kappa shape index (κ3) is 3.42. The molecular formula is C19H16N2O4. The SMILES string of the molecule is CCOC(=O)c1ccccc1NC(=O)c1cc(=O)[nH]c2ccccc12. The monoisotopic (exact) mass is 336 g/mol. The van der Waals surface area contributed by atoms with Crippen molar-refractivity contribution in [2.75, 3.05) is 11.9 Å². The quantitative estimate of drug-likeness (QED) is 0.717. The number of hydrogen-bond acceptors (Lipinski definition) is 4. The first-order valence-electron chi connectivity index (χ1n) is 7.79. The van der Waals surface area contributed by atoms with Gasteiger partial charge < -0.3 is 15.0 Å². The maximum Gasteiger partial charge on any atom is 0.340 e. The summed E-state index contributed by atoms with van der Waals surface area (Å²) in [6.45, 7) is 1.95. The average Bonchev–Trinajstić information content (AvgIpc) is 2.61. The molecule has 1 heterocycles. The van der Waals surface area contributed by atoms with Gasteiger partial charge in [-0.15, -0.1) is 0 Å². The van der Waals surface area contributed by atoms with Gasteiger partial charge in [-0.3, -0.25) is 9.59 Å². The van der Waals surface area contributed by atoms with E-state index in [0.717, 1.165) is 0 Å². The number of aromatic nitrogens is 1. The van der Waals surface area contributed by atoms with Crippen molar-refractivity contribution < 1.29 is 14.3 Å². The summed E-state index contributed by atoms with van der Waals surface area (Å²) in [5, 5.41) is 3.31. The van der Waals surface area contributed by atoms with Gasteiger partial charge in [0.2, 0.25) is 5.56 Å². The molecule has 3 rings (SSSR count). The number of fused-ring (bicyclic) bond motifs is 1. The van der Waals surface area contributed by atoms with Crippen LogP contribution in [0.3, 0.4) is 0 Å². The zero-order valence-electron chi connectivity index (χ0n) is 13.5. The van der Waals surface area contributed by atoms with Crippen LogP contribution >= 0.6 is 0 Å². The lowest BCUT2D eigenvalue weighted by molar-refractivity contribution is 0.0527. The van der Waals surface area contributed by atoms with E-state index in [-0.39, 0.29) is 23.3 Å². The molecule has 3 aromatic rings. The van der Waals surface area contributed by atoms with Gasteiger partial charge in [-0.25, -0.2) is 4.79 Å². The van der Waals surface area contributed by atoms with Crippen LogP contribution in [0.25, 0.3) is 10.9 Å². The molecule has 0 aliphatic rings. The van der Waals surface area contributed by atoms with Gasteiger partial charge in [-0.1, -0.05) is 30.3 Å². The molecule has 0 saturated carbocycles. The number of para-hydroxylation sites is 2. The summed E-state index contributed by atoms with van der Waals surface area (Å²) in [5.41, 5.74) is 1.02. The number of carbonyl (C=O) groups excluding carboxylic acids is 2. The number of esters is 1. The van der Waals surface area contributed by atoms with Crippen LogP contribution in [0.5, 0.6) is 0 Å². The Morgan fingerprint density at radius 1 is 1.04 bits per heavy atom. The molecule has 126 valence electrons. The first kappa shape index (κ1) is 16.4. The van der Waals surface area contributed by atoms with Crippen molar-refractivity contribution >= 4 is 28.5 Å². The summed E-state index contributed by atoms with van der Waals surface area (Å²) < 4.78 is 5.00. The highest BCUT2D eigenvalue weighted by atomic mass is 16.5. The van der Waals surface area contributed by atoms with Crippen molar-refractivity contribution in [1.29, 1.82) is 0 Å². The van der Waals surface area contributed by atoms with Crippen molar-refractivity contribution in [3.63, 3.8) is 0 Å². The fourth-order valence-corrected chi connectivity index (χ4v) is 2.56. The number of amides is 1. The number of pyridine rings is 1. The first-order valence-corrected chi connectivity index (χ1v) is 7.79. The van der Waals surface area contributed by atoms with E-state index in [4.69, 9.17) is 4.74 Å². The predicted octanol–water partition coefficient (Wildman–Crippen LogP) is 2.96. The number of aromatic amines is 1. The second-order valence-electron chi connectivity index (χ2n) is 5.31. The molecule has 1 amide bonds. The smallest absolute Gasteiger partial charge is 0.340 e. The number of H-pyrrole nitrogens is 1. The minimum Gasteiger partial charge on any atom is -0.462 e. The number of rotatable bonds is 4. The fraction of sp³-hybridized carbons (Fsp3) is 0.105. The van der Waals surface area contributed by atoms with Crippen molar-refractivity contribution in [1.82, 2.24) is 4.98 Å². The topological polar surface area (TPSA) is 88.3 Å². The second-order valence-corrected chi connectivity index (χ2v) is 5.31. The Bertz CT molecular complexity index is 1010. The van der Waals surface area contributed by atoms with Crippen molar-refractivity contribution in [2.45, 2.75) is 6.92 Å². The van der Waals surface area contributed by atoms with Gasteiger partial charge in [0, 0.05) is 17.0 Å². The molecule has 0 fully saturated rings. The van der Waals surface area contributed by atoms with Crippen LogP contribution in [0.4, 0.5) is 5.69 Å². The van der Waals surface area contributed by atoms with E-state index in [9.17, 15) is 14.4 Å². The highest BCUT2D eigenvalue weighted by molar-refractivity contribution is 6.13. The van der Waals surface area contributed by atoms with Crippen molar-refractivity contribution in [3.8, 4) is 0 Å². The van der Waals surface area contributed by atoms with Gasteiger partial charge in [0.1, 0.15) is 0 Å². The van der Waals surface area contributed by atoms with Crippen LogP contribution in [-0.2, 0) is 4.74 Å². The predicted molar refractivity (Wildman–Crippen MR) is 94.9 cm³/mol. The number of carbonyl (C=O) groups is 2. The fourth-order valence-electron chi connectivity index (χ4n) is 2.56. The number of anilines is 1. The van der Waals surface area contributed by atoms with Gasteiger partial charge in [0.25, 0.3) is 5.91 Å². The summed E-state index contributed by atoms with van der Waals surface area (Å²) in [7, 11) is 0. The van der Waals surface area contributed by atoms with Crippen LogP contribution in [0, 0.1) is 0 Å². The lowest BCUT2D eigenvalue weighted by Gasteiger charge is -2.11. The Balaban J connectivity index is 1.99. The summed E-state index contributed by atoms with van der Waals surface area (Å²) >= 11 is 0. The third-order valence-electron chi connectivity index (χ3n) is 3.67. The van der Waals surface area contributed by atoms with Gasteiger partial charge in [-0.05, 0) is 25.1 Å². The Labute approximate surface area is 143 Å². The molecule has 2 aromatic carbocycles. The second kappa shape index (κ2) is 7.00. The Morgan fingerprint density at radius 3 is 2.56 bits per heavy atom.